The first kappa shape index (κ1) is 18.7. The summed E-state index contributed by atoms with van der Waals surface area (Å²) >= 11 is 0. The van der Waals surface area contributed by atoms with Crippen molar-refractivity contribution in [3.05, 3.63) is 58.1 Å². The standard InChI is InChI=1S/C17H17N3O6/c1-18-17(22)11-4-3-5-12(8-11)19-16(21)10-26-15-7-6-13(25-2)9-14(15)20(23)24/h3-9H,10H2,1-2H3,(H,18,22)(H,19,21). The lowest BCUT2D eigenvalue weighted by molar-refractivity contribution is -0.385. The molecule has 2 aromatic carbocycles. The zero-order valence-corrected chi connectivity index (χ0v) is 14.1. The van der Waals surface area contributed by atoms with Crippen molar-refractivity contribution in [3.63, 3.8) is 0 Å². The smallest absolute Gasteiger partial charge is 0.314 e. The highest BCUT2D eigenvalue weighted by Gasteiger charge is 2.17. The molecule has 2 N–H and O–H groups in total. The number of nitro benzene ring substituents is 1. The van der Waals surface area contributed by atoms with Gasteiger partial charge in [0, 0.05) is 18.3 Å². The quantitative estimate of drug-likeness (QED) is 0.576. The monoisotopic (exact) mass is 359 g/mol. The maximum absolute atomic E-state index is 12.0. The number of carbonyl (C=O) groups excluding carboxylic acids is 2. The van der Waals surface area contributed by atoms with Crippen LogP contribution in [0.15, 0.2) is 42.5 Å². The van der Waals surface area contributed by atoms with Gasteiger partial charge in [0.25, 0.3) is 11.8 Å². The van der Waals surface area contributed by atoms with Gasteiger partial charge in [0.15, 0.2) is 12.4 Å². The SMILES string of the molecule is CNC(=O)c1cccc(NC(=O)COc2ccc(OC)cc2[N+](=O)[O-])c1. The Morgan fingerprint density at radius 2 is 1.96 bits per heavy atom. The number of ether oxygens (including phenoxy) is 2. The van der Waals surface area contributed by atoms with Gasteiger partial charge in [-0.3, -0.25) is 19.7 Å². The average Bonchev–Trinajstić information content (AvgIpc) is 2.65. The second-order valence-electron chi connectivity index (χ2n) is 5.09. The zero-order chi connectivity index (χ0) is 19.1. The highest BCUT2D eigenvalue weighted by molar-refractivity contribution is 5.97. The lowest BCUT2D eigenvalue weighted by Crippen LogP contribution is -2.21. The van der Waals surface area contributed by atoms with Crippen LogP contribution in [0.5, 0.6) is 11.5 Å². The molecule has 0 saturated heterocycles. The van der Waals surface area contributed by atoms with Gasteiger partial charge in [0.05, 0.1) is 18.1 Å². The first-order chi connectivity index (χ1) is 12.4. The van der Waals surface area contributed by atoms with Crippen LogP contribution in [0.4, 0.5) is 11.4 Å². The molecule has 0 aromatic heterocycles. The van der Waals surface area contributed by atoms with E-state index in [1.54, 1.807) is 18.2 Å². The number of hydrogen-bond donors (Lipinski definition) is 2. The van der Waals surface area contributed by atoms with Gasteiger partial charge in [0.2, 0.25) is 0 Å². The lowest BCUT2D eigenvalue weighted by Gasteiger charge is -2.09. The van der Waals surface area contributed by atoms with Gasteiger partial charge in [-0.2, -0.15) is 0 Å². The molecule has 0 unspecified atom stereocenters. The number of nitrogens with zero attached hydrogens (tertiary/aromatic N) is 1. The van der Waals surface area contributed by atoms with E-state index in [9.17, 15) is 19.7 Å². The molecule has 0 atom stereocenters. The second-order valence-corrected chi connectivity index (χ2v) is 5.09. The minimum Gasteiger partial charge on any atom is -0.496 e. The number of anilines is 1. The van der Waals surface area contributed by atoms with Gasteiger partial charge in [-0.15, -0.1) is 0 Å². The molecule has 2 amide bonds. The van der Waals surface area contributed by atoms with Crippen LogP contribution in [0.25, 0.3) is 0 Å². The number of benzene rings is 2. The molecule has 0 heterocycles. The fourth-order valence-electron chi connectivity index (χ4n) is 2.11. The number of nitro groups is 1. The van der Waals surface area contributed by atoms with Crippen LogP contribution in [0, 0.1) is 10.1 Å². The molecule has 136 valence electrons. The summed E-state index contributed by atoms with van der Waals surface area (Å²) in [4.78, 5) is 34.1. The number of hydrogen-bond acceptors (Lipinski definition) is 6. The predicted octanol–water partition coefficient (Wildman–Crippen LogP) is 1.98. The van der Waals surface area contributed by atoms with E-state index < -0.39 is 17.4 Å². The Hall–Kier alpha value is -3.62. The molecular formula is C17H17N3O6. The van der Waals surface area contributed by atoms with Crippen LogP contribution in [0.1, 0.15) is 10.4 Å². The van der Waals surface area contributed by atoms with E-state index in [4.69, 9.17) is 9.47 Å². The van der Waals surface area contributed by atoms with Gasteiger partial charge in [0.1, 0.15) is 5.75 Å². The van der Waals surface area contributed by atoms with Crippen molar-refractivity contribution in [2.75, 3.05) is 26.1 Å². The highest BCUT2D eigenvalue weighted by Crippen LogP contribution is 2.30. The summed E-state index contributed by atoms with van der Waals surface area (Å²) in [6.45, 7) is -0.433. The van der Waals surface area contributed by atoms with Gasteiger partial charge >= 0.3 is 5.69 Å². The minimum absolute atomic E-state index is 0.0509. The molecule has 0 aliphatic rings. The van der Waals surface area contributed by atoms with Crippen LogP contribution < -0.4 is 20.1 Å². The number of rotatable bonds is 7. The molecule has 2 aromatic rings. The Kier molecular flexibility index (Phi) is 6.10. The number of nitrogens with one attached hydrogen (secondary N) is 2. The Bertz CT molecular complexity index is 837. The van der Waals surface area contributed by atoms with Gasteiger partial charge in [-0.25, -0.2) is 0 Å². The molecule has 9 nitrogen and oxygen atoms in total. The third kappa shape index (κ3) is 4.69. The van der Waals surface area contributed by atoms with Crippen molar-refractivity contribution in [2.24, 2.45) is 0 Å². The zero-order valence-electron chi connectivity index (χ0n) is 14.1. The molecule has 0 radical (unpaired) electrons. The van der Waals surface area contributed by atoms with Crippen LogP contribution in [0.3, 0.4) is 0 Å². The third-order valence-corrected chi connectivity index (χ3v) is 3.36. The summed E-state index contributed by atoms with van der Waals surface area (Å²) in [5, 5.41) is 16.1. The molecular weight excluding hydrogens is 342 g/mol. The van der Waals surface area contributed by atoms with E-state index in [1.807, 2.05) is 0 Å². The first-order valence-electron chi connectivity index (χ1n) is 7.52. The normalized spacial score (nSPS) is 9.92. The fraction of sp³-hybridized carbons (Fsp3) is 0.176. The summed E-state index contributed by atoms with van der Waals surface area (Å²) in [6.07, 6.45) is 0. The van der Waals surface area contributed by atoms with Crippen molar-refractivity contribution in [3.8, 4) is 11.5 Å². The van der Waals surface area contributed by atoms with E-state index in [-0.39, 0.29) is 17.3 Å². The van der Waals surface area contributed by atoms with Crippen molar-refractivity contribution in [1.29, 1.82) is 0 Å². The number of methoxy groups -OCH3 is 1. The van der Waals surface area contributed by atoms with E-state index in [2.05, 4.69) is 10.6 Å². The van der Waals surface area contributed by atoms with E-state index >= 15 is 0 Å². The topological polar surface area (TPSA) is 120 Å². The molecule has 0 aliphatic carbocycles. The Labute approximate surface area is 149 Å². The lowest BCUT2D eigenvalue weighted by atomic mass is 10.2. The summed E-state index contributed by atoms with van der Waals surface area (Å²) in [5.41, 5.74) is 0.486. The van der Waals surface area contributed by atoms with Crippen LogP contribution in [-0.4, -0.2) is 37.5 Å². The van der Waals surface area contributed by atoms with Crippen molar-refractivity contribution in [1.82, 2.24) is 5.32 Å². The molecule has 0 spiro atoms. The highest BCUT2D eigenvalue weighted by atomic mass is 16.6. The van der Waals surface area contributed by atoms with Gasteiger partial charge in [-0.05, 0) is 30.3 Å². The maximum atomic E-state index is 12.0. The molecule has 0 bridgehead atoms. The van der Waals surface area contributed by atoms with Crippen LogP contribution in [0.2, 0.25) is 0 Å². The fourth-order valence-corrected chi connectivity index (χ4v) is 2.11. The molecule has 0 fully saturated rings. The van der Waals surface area contributed by atoms with Gasteiger partial charge < -0.3 is 20.1 Å². The molecule has 9 heteroatoms. The summed E-state index contributed by atoms with van der Waals surface area (Å²) in [7, 11) is 2.89. The third-order valence-electron chi connectivity index (χ3n) is 3.36. The Morgan fingerprint density at radius 1 is 1.19 bits per heavy atom. The minimum atomic E-state index is -0.622. The molecule has 0 aliphatic heterocycles. The number of carbonyl (C=O) groups is 2. The molecule has 0 saturated carbocycles. The average molecular weight is 359 g/mol. The maximum Gasteiger partial charge on any atom is 0.314 e. The van der Waals surface area contributed by atoms with Crippen LogP contribution in [-0.2, 0) is 4.79 Å². The van der Waals surface area contributed by atoms with Crippen molar-refractivity contribution < 1.29 is 24.0 Å². The van der Waals surface area contributed by atoms with E-state index in [1.165, 1.54) is 38.4 Å². The summed E-state index contributed by atoms with van der Waals surface area (Å²) in [6, 6.07) is 10.4. The Balaban J connectivity index is 2.03. The second kappa shape index (κ2) is 8.47. The van der Waals surface area contributed by atoms with Gasteiger partial charge in [-0.1, -0.05) is 6.07 Å². The van der Waals surface area contributed by atoms with Crippen molar-refractivity contribution >= 4 is 23.2 Å². The van der Waals surface area contributed by atoms with E-state index in [0.29, 0.717) is 17.0 Å². The predicted molar refractivity (Wildman–Crippen MR) is 93.6 cm³/mol. The number of amides is 2. The summed E-state index contributed by atoms with van der Waals surface area (Å²) < 4.78 is 10.2. The Morgan fingerprint density at radius 3 is 2.62 bits per heavy atom. The first-order valence-corrected chi connectivity index (χ1v) is 7.52. The van der Waals surface area contributed by atoms with Crippen LogP contribution >= 0.6 is 0 Å². The molecule has 26 heavy (non-hydrogen) atoms. The van der Waals surface area contributed by atoms with Crippen molar-refractivity contribution in [2.45, 2.75) is 0 Å². The molecule has 2 rings (SSSR count). The van der Waals surface area contributed by atoms with E-state index in [0.717, 1.165) is 0 Å². The largest absolute Gasteiger partial charge is 0.496 e. The summed E-state index contributed by atoms with van der Waals surface area (Å²) in [5.74, 6) is -0.556.